The van der Waals surface area contributed by atoms with E-state index in [0.717, 1.165) is 4.31 Å². The standard InChI is InChI=1S/C24H24N2O6S/c1-3-32-24(28)19-13-7-8-14-20(19)25-23(27)17-26(21-15-9-10-16-22(21)31-2)33(29,30)18-11-5-4-6-12-18/h4-16H,3,17H2,1-2H3,(H,25,27). The first-order chi connectivity index (χ1) is 15.9. The van der Waals surface area contributed by atoms with E-state index in [1.54, 1.807) is 67.6 Å². The molecule has 3 aromatic carbocycles. The van der Waals surface area contributed by atoms with Crippen LogP contribution in [0.25, 0.3) is 0 Å². The molecule has 1 N–H and O–H groups in total. The van der Waals surface area contributed by atoms with Gasteiger partial charge in [-0.1, -0.05) is 42.5 Å². The van der Waals surface area contributed by atoms with Gasteiger partial charge in [0.25, 0.3) is 10.0 Å². The second kappa shape index (κ2) is 10.6. The van der Waals surface area contributed by atoms with Gasteiger partial charge in [-0.25, -0.2) is 13.2 Å². The Morgan fingerprint density at radius 1 is 0.909 bits per heavy atom. The largest absolute Gasteiger partial charge is 0.495 e. The molecule has 0 atom stereocenters. The molecule has 0 radical (unpaired) electrons. The summed E-state index contributed by atoms with van der Waals surface area (Å²) in [6.45, 7) is 1.31. The van der Waals surface area contributed by atoms with Gasteiger partial charge in [-0.15, -0.1) is 0 Å². The maximum Gasteiger partial charge on any atom is 0.340 e. The summed E-state index contributed by atoms with van der Waals surface area (Å²) in [5.74, 6) is -0.944. The minimum absolute atomic E-state index is 0.0237. The number of para-hydroxylation sites is 3. The molecule has 33 heavy (non-hydrogen) atoms. The lowest BCUT2D eigenvalue weighted by atomic mass is 10.2. The second-order valence-corrected chi connectivity index (χ2v) is 8.67. The number of rotatable bonds is 9. The van der Waals surface area contributed by atoms with Crippen molar-refractivity contribution in [3.63, 3.8) is 0 Å². The van der Waals surface area contributed by atoms with E-state index in [2.05, 4.69) is 5.32 Å². The molecule has 1 amide bonds. The zero-order chi connectivity index (χ0) is 23.8. The van der Waals surface area contributed by atoms with E-state index in [1.165, 1.54) is 25.3 Å². The number of sulfonamides is 1. The van der Waals surface area contributed by atoms with Gasteiger partial charge in [0.2, 0.25) is 5.91 Å². The summed E-state index contributed by atoms with van der Waals surface area (Å²) >= 11 is 0. The maximum atomic E-state index is 13.5. The molecule has 0 bridgehead atoms. The molecular weight excluding hydrogens is 444 g/mol. The van der Waals surface area contributed by atoms with Gasteiger partial charge in [0.15, 0.2) is 0 Å². The molecule has 0 fully saturated rings. The SMILES string of the molecule is CCOC(=O)c1ccccc1NC(=O)CN(c1ccccc1OC)S(=O)(=O)c1ccccc1. The van der Waals surface area contributed by atoms with Crippen LogP contribution in [0.2, 0.25) is 0 Å². The Balaban J connectivity index is 1.97. The molecule has 0 spiro atoms. The molecule has 0 aliphatic carbocycles. The smallest absolute Gasteiger partial charge is 0.340 e. The van der Waals surface area contributed by atoms with Crippen molar-refractivity contribution >= 4 is 33.3 Å². The third-order valence-corrected chi connectivity index (χ3v) is 6.44. The Bertz CT molecular complexity index is 1230. The predicted molar refractivity (Wildman–Crippen MR) is 125 cm³/mol. The normalized spacial score (nSPS) is 10.8. The van der Waals surface area contributed by atoms with Crippen LogP contribution in [-0.2, 0) is 19.6 Å². The zero-order valence-electron chi connectivity index (χ0n) is 18.2. The lowest BCUT2D eigenvalue weighted by Crippen LogP contribution is -2.38. The Hall–Kier alpha value is -3.85. The van der Waals surface area contributed by atoms with E-state index in [-0.39, 0.29) is 34.2 Å². The highest BCUT2D eigenvalue weighted by atomic mass is 32.2. The molecule has 0 heterocycles. The Labute approximate surface area is 192 Å². The summed E-state index contributed by atoms with van der Waals surface area (Å²) < 4.78 is 38.3. The van der Waals surface area contributed by atoms with Crippen LogP contribution in [-0.4, -0.2) is 40.6 Å². The van der Waals surface area contributed by atoms with Crippen LogP contribution in [0.1, 0.15) is 17.3 Å². The molecular formula is C24H24N2O6S. The quantitative estimate of drug-likeness (QED) is 0.481. The first kappa shape index (κ1) is 23.8. The van der Waals surface area contributed by atoms with E-state index < -0.39 is 28.4 Å². The minimum Gasteiger partial charge on any atom is -0.495 e. The Morgan fingerprint density at radius 3 is 2.24 bits per heavy atom. The van der Waals surface area contributed by atoms with Gasteiger partial charge < -0.3 is 14.8 Å². The first-order valence-corrected chi connectivity index (χ1v) is 11.6. The topological polar surface area (TPSA) is 102 Å². The van der Waals surface area contributed by atoms with Crippen molar-refractivity contribution in [3.8, 4) is 5.75 Å². The molecule has 9 heteroatoms. The highest BCUT2D eigenvalue weighted by Crippen LogP contribution is 2.32. The third-order valence-electron chi connectivity index (χ3n) is 4.67. The van der Waals surface area contributed by atoms with Crippen LogP contribution in [0.4, 0.5) is 11.4 Å². The molecule has 172 valence electrons. The highest BCUT2D eigenvalue weighted by molar-refractivity contribution is 7.92. The van der Waals surface area contributed by atoms with Gasteiger partial charge >= 0.3 is 5.97 Å². The number of carbonyl (C=O) groups is 2. The van der Waals surface area contributed by atoms with E-state index in [0.29, 0.717) is 0 Å². The van der Waals surface area contributed by atoms with Crippen molar-refractivity contribution in [1.82, 2.24) is 0 Å². The minimum atomic E-state index is -4.11. The number of nitrogens with zero attached hydrogens (tertiary/aromatic N) is 1. The molecule has 0 aliphatic rings. The first-order valence-electron chi connectivity index (χ1n) is 10.1. The number of methoxy groups -OCH3 is 1. The van der Waals surface area contributed by atoms with Crippen molar-refractivity contribution in [1.29, 1.82) is 0 Å². The van der Waals surface area contributed by atoms with Gasteiger partial charge in [0.05, 0.1) is 35.6 Å². The van der Waals surface area contributed by atoms with Crippen LogP contribution in [0.15, 0.2) is 83.8 Å². The number of esters is 1. The van der Waals surface area contributed by atoms with Crippen LogP contribution in [0.5, 0.6) is 5.75 Å². The van der Waals surface area contributed by atoms with E-state index in [1.807, 2.05) is 0 Å². The zero-order valence-corrected chi connectivity index (χ0v) is 19.0. The molecule has 8 nitrogen and oxygen atoms in total. The summed E-state index contributed by atoms with van der Waals surface area (Å²) in [5.41, 5.74) is 0.596. The molecule has 0 saturated carbocycles. The monoisotopic (exact) mass is 468 g/mol. The fourth-order valence-corrected chi connectivity index (χ4v) is 4.61. The van der Waals surface area contributed by atoms with Crippen LogP contribution < -0.4 is 14.4 Å². The predicted octanol–water partition coefficient (Wildman–Crippen LogP) is 3.71. The van der Waals surface area contributed by atoms with Crippen LogP contribution >= 0.6 is 0 Å². The molecule has 0 aliphatic heterocycles. The number of amides is 1. The number of hydrogen-bond acceptors (Lipinski definition) is 6. The average Bonchev–Trinajstić information content (AvgIpc) is 2.83. The second-order valence-electron chi connectivity index (χ2n) is 6.81. The number of nitrogens with one attached hydrogen (secondary N) is 1. The van der Waals surface area contributed by atoms with Crippen molar-refractivity contribution in [2.24, 2.45) is 0 Å². The summed E-state index contributed by atoms with van der Waals surface area (Å²) in [5, 5.41) is 2.62. The van der Waals surface area contributed by atoms with Gasteiger partial charge in [-0.3, -0.25) is 9.10 Å². The van der Waals surface area contributed by atoms with Crippen molar-refractivity contribution in [2.75, 3.05) is 29.9 Å². The van der Waals surface area contributed by atoms with Crippen LogP contribution in [0.3, 0.4) is 0 Å². The fourth-order valence-electron chi connectivity index (χ4n) is 3.15. The number of hydrogen-bond donors (Lipinski definition) is 1. The summed E-state index contributed by atoms with van der Waals surface area (Å²) in [4.78, 5) is 25.2. The van der Waals surface area contributed by atoms with Gasteiger partial charge in [0.1, 0.15) is 12.3 Å². The summed E-state index contributed by atoms with van der Waals surface area (Å²) in [7, 11) is -2.69. The Morgan fingerprint density at radius 2 is 1.55 bits per heavy atom. The Kier molecular flexibility index (Phi) is 7.68. The third kappa shape index (κ3) is 5.50. The summed E-state index contributed by atoms with van der Waals surface area (Å²) in [6, 6.07) is 20.7. The van der Waals surface area contributed by atoms with Crippen molar-refractivity contribution < 1.29 is 27.5 Å². The number of carbonyl (C=O) groups excluding carboxylic acids is 2. The number of benzene rings is 3. The van der Waals surface area contributed by atoms with Gasteiger partial charge in [-0.05, 0) is 43.3 Å². The highest BCUT2D eigenvalue weighted by Gasteiger charge is 2.29. The van der Waals surface area contributed by atoms with Crippen molar-refractivity contribution in [3.05, 3.63) is 84.4 Å². The number of anilines is 2. The maximum absolute atomic E-state index is 13.5. The molecule has 3 rings (SSSR count). The fraction of sp³-hybridized carbons (Fsp3) is 0.167. The van der Waals surface area contributed by atoms with Gasteiger partial charge in [0, 0.05) is 0 Å². The summed E-state index contributed by atoms with van der Waals surface area (Å²) in [6.07, 6.45) is 0. The molecule has 0 saturated heterocycles. The van der Waals surface area contributed by atoms with Crippen LogP contribution in [0, 0.1) is 0 Å². The molecule has 3 aromatic rings. The van der Waals surface area contributed by atoms with E-state index >= 15 is 0 Å². The molecule has 0 aromatic heterocycles. The van der Waals surface area contributed by atoms with E-state index in [4.69, 9.17) is 9.47 Å². The van der Waals surface area contributed by atoms with Crippen molar-refractivity contribution in [2.45, 2.75) is 11.8 Å². The van der Waals surface area contributed by atoms with Gasteiger partial charge in [-0.2, -0.15) is 0 Å². The number of ether oxygens (including phenoxy) is 2. The lowest BCUT2D eigenvalue weighted by Gasteiger charge is -2.25. The molecule has 0 unspecified atom stereocenters. The van der Waals surface area contributed by atoms with E-state index in [9.17, 15) is 18.0 Å². The average molecular weight is 469 g/mol. The lowest BCUT2D eigenvalue weighted by molar-refractivity contribution is -0.114.